The average molecular weight is 294 g/mol. The van der Waals surface area contributed by atoms with E-state index in [9.17, 15) is 4.79 Å². The van der Waals surface area contributed by atoms with Gasteiger partial charge in [0.1, 0.15) is 0 Å². The zero-order chi connectivity index (χ0) is 13.9. The normalized spacial score (nSPS) is 23.1. The van der Waals surface area contributed by atoms with E-state index < -0.39 is 0 Å². The molecule has 1 atom stereocenters. The molecule has 2 fully saturated rings. The highest BCUT2D eigenvalue weighted by molar-refractivity contribution is 6.33. The second kappa shape index (κ2) is 6.02. The molecule has 108 valence electrons. The molecule has 0 spiro atoms. The van der Waals surface area contributed by atoms with Gasteiger partial charge in [0.2, 0.25) is 5.91 Å². The van der Waals surface area contributed by atoms with E-state index in [1.165, 1.54) is 0 Å². The smallest absolute Gasteiger partial charge is 0.239 e. The lowest BCUT2D eigenvalue weighted by molar-refractivity contribution is -0.133. The zero-order valence-corrected chi connectivity index (χ0v) is 12.3. The van der Waals surface area contributed by atoms with Gasteiger partial charge in [0.05, 0.1) is 16.8 Å². The van der Waals surface area contributed by atoms with Crippen LogP contribution in [0.1, 0.15) is 12.8 Å². The number of nitrogens with zero attached hydrogens (tertiary/aromatic N) is 2. The summed E-state index contributed by atoms with van der Waals surface area (Å²) in [6.45, 7) is 4.23. The van der Waals surface area contributed by atoms with E-state index in [1.807, 2.05) is 29.2 Å². The van der Waals surface area contributed by atoms with Crippen LogP contribution >= 0.6 is 11.6 Å². The highest BCUT2D eigenvalue weighted by Gasteiger charge is 2.29. The van der Waals surface area contributed by atoms with Gasteiger partial charge >= 0.3 is 0 Å². The molecule has 0 bridgehead atoms. The highest BCUT2D eigenvalue weighted by Crippen LogP contribution is 2.26. The summed E-state index contributed by atoms with van der Waals surface area (Å²) in [7, 11) is 0. The van der Waals surface area contributed by atoms with Gasteiger partial charge in [0, 0.05) is 26.2 Å². The predicted octanol–water partition coefficient (Wildman–Crippen LogP) is 1.74. The standard InChI is InChI=1S/C15H20ClN3O/c16-12-4-1-2-6-14(12)18-8-10-19(11-9-18)15(20)13-5-3-7-17-13/h1-2,4,6,13,17H,3,5,7-11H2/t13-/m1/s1. The van der Waals surface area contributed by atoms with Gasteiger partial charge in [-0.2, -0.15) is 0 Å². The fraction of sp³-hybridized carbons (Fsp3) is 0.533. The van der Waals surface area contributed by atoms with Crippen molar-refractivity contribution in [3.05, 3.63) is 29.3 Å². The molecule has 1 amide bonds. The van der Waals surface area contributed by atoms with Crippen molar-refractivity contribution in [2.75, 3.05) is 37.6 Å². The van der Waals surface area contributed by atoms with Crippen molar-refractivity contribution in [3.63, 3.8) is 0 Å². The van der Waals surface area contributed by atoms with Crippen LogP contribution in [0, 0.1) is 0 Å². The number of anilines is 1. The van der Waals surface area contributed by atoms with Crippen molar-refractivity contribution >= 4 is 23.2 Å². The van der Waals surface area contributed by atoms with E-state index in [2.05, 4.69) is 10.2 Å². The third-order valence-electron chi connectivity index (χ3n) is 4.14. The molecule has 1 aromatic rings. The zero-order valence-electron chi connectivity index (χ0n) is 11.5. The molecule has 0 aliphatic carbocycles. The monoisotopic (exact) mass is 293 g/mol. The van der Waals surface area contributed by atoms with Crippen molar-refractivity contribution in [1.82, 2.24) is 10.2 Å². The summed E-state index contributed by atoms with van der Waals surface area (Å²) in [5, 5.41) is 4.06. The first-order valence-corrected chi connectivity index (χ1v) is 7.65. The van der Waals surface area contributed by atoms with Gasteiger partial charge in [0.25, 0.3) is 0 Å². The first-order valence-electron chi connectivity index (χ1n) is 7.27. The maximum absolute atomic E-state index is 12.3. The lowest BCUT2D eigenvalue weighted by atomic mass is 10.1. The summed E-state index contributed by atoms with van der Waals surface area (Å²) in [4.78, 5) is 16.6. The number of carbonyl (C=O) groups is 1. The van der Waals surface area contributed by atoms with Crippen LogP contribution in [0.3, 0.4) is 0 Å². The van der Waals surface area contributed by atoms with Crippen molar-refractivity contribution < 1.29 is 4.79 Å². The Morgan fingerprint density at radius 1 is 1.20 bits per heavy atom. The largest absolute Gasteiger partial charge is 0.367 e. The van der Waals surface area contributed by atoms with E-state index >= 15 is 0 Å². The van der Waals surface area contributed by atoms with E-state index in [4.69, 9.17) is 11.6 Å². The Labute approximate surface area is 124 Å². The number of rotatable bonds is 2. The van der Waals surface area contributed by atoms with Crippen LogP contribution in [0.5, 0.6) is 0 Å². The average Bonchev–Trinajstić information content (AvgIpc) is 3.01. The molecular weight excluding hydrogens is 274 g/mol. The Kier molecular flexibility index (Phi) is 4.13. The number of halogens is 1. The van der Waals surface area contributed by atoms with Gasteiger partial charge in [-0.05, 0) is 31.5 Å². The fourth-order valence-electron chi connectivity index (χ4n) is 2.99. The quantitative estimate of drug-likeness (QED) is 0.902. The summed E-state index contributed by atoms with van der Waals surface area (Å²) in [5.74, 6) is 0.265. The van der Waals surface area contributed by atoms with E-state index in [1.54, 1.807) is 0 Å². The van der Waals surface area contributed by atoms with Gasteiger partial charge in [0.15, 0.2) is 0 Å². The molecule has 0 radical (unpaired) electrons. The first-order chi connectivity index (χ1) is 9.75. The van der Waals surface area contributed by atoms with Gasteiger partial charge < -0.3 is 15.1 Å². The van der Waals surface area contributed by atoms with Crippen molar-refractivity contribution in [1.29, 1.82) is 0 Å². The number of para-hydroxylation sites is 1. The number of benzene rings is 1. The molecule has 2 aliphatic heterocycles. The van der Waals surface area contributed by atoms with Crippen LogP contribution in [0.15, 0.2) is 24.3 Å². The van der Waals surface area contributed by atoms with E-state index in [-0.39, 0.29) is 11.9 Å². The topological polar surface area (TPSA) is 35.6 Å². The maximum Gasteiger partial charge on any atom is 0.239 e. The molecule has 20 heavy (non-hydrogen) atoms. The minimum Gasteiger partial charge on any atom is -0.367 e. The molecule has 5 heteroatoms. The third kappa shape index (κ3) is 2.76. The summed E-state index contributed by atoms with van der Waals surface area (Å²) < 4.78 is 0. The lowest BCUT2D eigenvalue weighted by Crippen LogP contribution is -2.53. The number of nitrogens with one attached hydrogen (secondary N) is 1. The molecule has 3 rings (SSSR count). The Hall–Kier alpha value is -1.26. The summed E-state index contributed by atoms with van der Waals surface area (Å²) >= 11 is 6.23. The Balaban J connectivity index is 1.59. The van der Waals surface area contributed by atoms with Gasteiger partial charge in [-0.25, -0.2) is 0 Å². The van der Waals surface area contributed by atoms with Crippen LogP contribution in [0.2, 0.25) is 5.02 Å². The van der Waals surface area contributed by atoms with Gasteiger partial charge in [-0.15, -0.1) is 0 Å². The third-order valence-corrected chi connectivity index (χ3v) is 4.46. The molecule has 2 heterocycles. The highest BCUT2D eigenvalue weighted by atomic mass is 35.5. The van der Waals surface area contributed by atoms with Gasteiger partial charge in [-0.3, -0.25) is 4.79 Å². The van der Waals surface area contributed by atoms with E-state index in [0.717, 1.165) is 56.3 Å². The Bertz CT molecular complexity index is 480. The number of hydrogen-bond acceptors (Lipinski definition) is 3. The maximum atomic E-state index is 12.3. The number of piperazine rings is 1. The molecule has 0 saturated carbocycles. The van der Waals surface area contributed by atoms with Crippen LogP contribution < -0.4 is 10.2 Å². The second-order valence-electron chi connectivity index (χ2n) is 5.41. The minimum atomic E-state index is 0.0434. The fourth-order valence-corrected chi connectivity index (χ4v) is 3.25. The van der Waals surface area contributed by atoms with Crippen molar-refractivity contribution in [2.24, 2.45) is 0 Å². The first kappa shape index (κ1) is 13.7. The molecular formula is C15H20ClN3O. The molecule has 0 aromatic heterocycles. The number of amides is 1. The molecule has 2 saturated heterocycles. The number of carbonyl (C=O) groups excluding carboxylic acids is 1. The SMILES string of the molecule is O=C([C@H]1CCCN1)N1CCN(c2ccccc2Cl)CC1. The number of hydrogen-bond donors (Lipinski definition) is 1. The Morgan fingerprint density at radius 3 is 2.60 bits per heavy atom. The van der Waals surface area contributed by atoms with Crippen LogP contribution in [0.4, 0.5) is 5.69 Å². The van der Waals surface area contributed by atoms with Crippen LogP contribution in [0.25, 0.3) is 0 Å². The van der Waals surface area contributed by atoms with Crippen LogP contribution in [-0.4, -0.2) is 49.6 Å². The van der Waals surface area contributed by atoms with Crippen molar-refractivity contribution in [2.45, 2.75) is 18.9 Å². The molecule has 0 unspecified atom stereocenters. The molecule has 4 nitrogen and oxygen atoms in total. The molecule has 1 aromatic carbocycles. The predicted molar refractivity (Wildman–Crippen MR) is 81.3 cm³/mol. The summed E-state index contributed by atoms with van der Waals surface area (Å²) in [6, 6.07) is 7.94. The van der Waals surface area contributed by atoms with Crippen molar-refractivity contribution in [3.8, 4) is 0 Å². The van der Waals surface area contributed by atoms with E-state index in [0.29, 0.717) is 0 Å². The summed E-state index contributed by atoms with van der Waals surface area (Å²) in [6.07, 6.45) is 2.08. The Morgan fingerprint density at radius 2 is 1.95 bits per heavy atom. The second-order valence-corrected chi connectivity index (χ2v) is 5.82. The van der Waals surface area contributed by atoms with Crippen LogP contribution in [-0.2, 0) is 4.79 Å². The molecule has 2 aliphatic rings. The van der Waals surface area contributed by atoms with Gasteiger partial charge in [-0.1, -0.05) is 23.7 Å². The lowest BCUT2D eigenvalue weighted by Gasteiger charge is -2.37. The summed E-state index contributed by atoms with van der Waals surface area (Å²) in [5.41, 5.74) is 1.07. The molecule has 1 N–H and O–H groups in total. The minimum absolute atomic E-state index is 0.0434.